The molecule has 0 spiro atoms. The van der Waals surface area contributed by atoms with Crippen LogP contribution in [0.1, 0.15) is 54.2 Å². The van der Waals surface area contributed by atoms with E-state index < -0.39 is 0 Å². The van der Waals surface area contributed by atoms with E-state index in [2.05, 4.69) is 24.2 Å². The summed E-state index contributed by atoms with van der Waals surface area (Å²) in [5.74, 6) is 1.65. The Bertz CT molecular complexity index is 691. The highest BCUT2D eigenvalue weighted by Crippen LogP contribution is 2.23. The molecule has 3 heterocycles. The number of nitrogens with zero attached hydrogens (tertiary/aromatic N) is 3. The third-order valence-corrected chi connectivity index (χ3v) is 6.21. The fourth-order valence-electron chi connectivity index (χ4n) is 2.79. The molecule has 2 aromatic rings. The molecule has 1 aliphatic heterocycles. The maximum absolute atomic E-state index is 12.3. The third kappa shape index (κ3) is 5.28. The number of likely N-dealkylation sites (tertiary alicyclic amines) is 1. The average Bonchev–Trinajstić information content (AvgIpc) is 3.30. The van der Waals surface area contributed by atoms with Crippen molar-refractivity contribution in [1.29, 1.82) is 0 Å². The van der Waals surface area contributed by atoms with Gasteiger partial charge in [-0.15, -0.1) is 23.1 Å². The van der Waals surface area contributed by atoms with Gasteiger partial charge in [-0.1, -0.05) is 13.8 Å². The van der Waals surface area contributed by atoms with Crippen molar-refractivity contribution in [2.24, 2.45) is 5.92 Å². The molecule has 134 valence electrons. The molecule has 25 heavy (non-hydrogen) atoms. The molecule has 0 atom stereocenters. The lowest BCUT2D eigenvalue weighted by Crippen LogP contribution is -2.27. The van der Waals surface area contributed by atoms with Gasteiger partial charge in [0.25, 0.3) is 5.91 Å². The number of pyridine rings is 1. The summed E-state index contributed by atoms with van der Waals surface area (Å²) in [6, 6.07) is 3.84. The van der Waals surface area contributed by atoms with Crippen molar-refractivity contribution in [3.05, 3.63) is 40.0 Å². The fraction of sp³-hybridized carbons (Fsp3) is 0.526. The number of rotatable bonds is 7. The maximum Gasteiger partial charge on any atom is 0.255 e. The number of carbonyl (C=O) groups is 1. The van der Waals surface area contributed by atoms with Crippen molar-refractivity contribution < 1.29 is 4.79 Å². The molecule has 2 aromatic heterocycles. The highest BCUT2D eigenvalue weighted by Gasteiger charge is 2.19. The summed E-state index contributed by atoms with van der Waals surface area (Å²) in [7, 11) is 0. The van der Waals surface area contributed by atoms with Crippen molar-refractivity contribution in [1.82, 2.24) is 14.9 Å². The van der Waals surface area contributed by atoms with Crippen LogP contribution in [0, 0.1) is 5.92 Å². The minimum absolute atomic E-state index is 0.107. The molecular weight excluding hydrogens is 350 g/mol. The normalized spacial score (nSPS) is 14.4. The molecular formula is C19H25N3OS2. The van der Waals surface area contributed by atoms with Crippen LogP contribution in [0.2, 0.25) is 0 Å². The number of hydrogen-bond donors (Lipinski definition) is 0. The minimum Gasteiger partial charge on any atom is -0.339 e. The largest absolute Gasteiger partial charge is 0.339 e. The second-order valence-corrected chi connectivity index (χ2v) is 8.78. The van der Waals surface area contributed by atoms with Gasteiger partial charge in [-0.2, -0.15) is 0 Å². The topological polar surface area (TPSA) is 46.1 Å². The van der Waals surface area contributed by atoms with Crippen molar-refractivity contribution in [3.8, 4) is 0 Å². The molecule has 0 aromatic carbocycles. The smallest absolute Gasteiger partial charge is 0.255 e. The molecule has 6 heteroatoms. The van der Waals surface area contributed by atoms with Crippen LogP contribution in [0.5, 0.6) is 0 Å². The van der Waals surface area contributed by atoms with Crippen LogP contribution in [0.3, 0.4) is 0 Å². The quantitative estimate of drug-likeness (QED) is 0.661. The summed E-state index contributed by atoms with van der Waals surface area (Å²) in [6.45, 7) is 6.24. The van der Waals surface area contributed by atoms with Gasteiger partial charge in [0.2, 0.25) is 0 Å². The first-order chi connectivity index (χ1) is 12.1. The van der Waals surface area contributed by atoms with Gasteiger partial charge in [0.05, 0.1) is 21.3 Å². The summed E-state index contributed by atoms with van der Waals surface area (Å²) >= 11 is 3.42. The maximum atomic E-state index is 12.3. The number of thiazole rings is 1. The third-order valence-electron chi connectivity index (χ3n) is 4.28. The highest BCUT2D eigenvalue weighted by atomic mass is 32.2. The minimum atomic E-state index is 0.107. The summed E-state index contributed by atoms with van der Waals surface area (Å²) in [5, 5.41) is 4.31. The van der Waals surface area contributed by atoms with E-state index in [1.54, 1.807) is 29.3 Å². The molecule has 3 rings (SSSR count). The first-order valence-electron chi connectivity index (χ1n) is 8.93. The summed E-state index contributed by atoms with van der Waals surface area (Å²) in [6.07, 6.45) is 6.19. The zero-order valence-electron chi connectivity index (χ0n) is 14.9. The Morgan fingerprint density at radius 2 is 2.12 bits per heavy atom. The van der Waals surface area contributed by atoms with Crippen LogP contribution in [0.25, 0.3) is 0 Å². The molecule has 0 N–H and O–H groups in total. The van der Waals surface area contributed by atoms with E-state index in [4.69, 9.17) is 4.98 Å². The predicted molar refractivity (Wildman–Crippen MR) is 104 cm³/mol. The van der Waals surface area contributed by atoms with Crippen molar-refractivity contribution in [3.63, 3.8) is 0 Å². The second-order valence-electron chi connectivity index (χ2n) is 6.84. The lowest BCUT2D eigenvalue weighted by molar-refractivity contribution is 0.0792. The number of aryl methyl sites for hydroxylation is 1. The Hall–Kier alpha value is -1.40. The Kier molecular flexibility index (Phi) is 6.48. The van der Waals surface area contributed by atoms with Gasteiger partial charge in [-0.3, -0.25) is 4.79 Å². The molecule has 0 unspecified atom stereocenters. The monoisotopic (exact) mass is 375 g/mol. The van der Waals surface area contributed by atoms with Crippen molar-refractivity contribution >= 4 is 29.0 Å². The molecule has 1 aliphatic rings. The Morgan fingerprint density at radius 3 is 2.80 bits per heavy atom. The van der Waals surface area contributed by atoms with Crippen LogP contribution >= 0.6 is 23.1 Å². The number of hydrogen-bond acceptors (Lipinski definition) is 5. The predicted octanol–water partition coefficient (Wildman–Crippen LogP) is 4.66. The average molecular weight is 376 g/mol. The van der Waals surface area contributed by atoms with E-state index in [0.717, 1.165) is 48.8 Å². The standard InChI is InChI=1S/C19H25N3OS2/c1-14(2)5-7-18-21-16(13-25-18)12-24-17-8-6-15(11-20-17)19(23)22-9-3-4-10-22/h6,8,11,13-14H,3-5,7,9-10,12H2,1-2H3. The van der Waals surface area contributed by atoms with E-state index >= 15 is 0 Å². The van der Waals surface area contributed by atoms with Gasteiger partial charge in [0, 0.05) is 30.4 Å². The molecule has 0 aliphatic carbocycles. The molecule has 1 saturated heterocycles. The number of thioether (sulfide) groups is 1. The molecule has 1 fully saturated rings. The van der Waals surface area contributed by atoms with Crippen LogP contribution in [-0.2, 0) is 12.2 Å². The van der Waals surface area contributed by atoms with Crippen LogP contribution < -0.4 is 0 Å². The Morgan fingerprint density at radius 1 is 1.32 bits per heavy atom. The van der Waals surface area contributed by atoms with E-state index in [-0.39, 0.29) is 5.91 Å². The van der Waals surface area contributed by atoms with Crippen molar-refractivity contribution in [2.45, 2.75) is 50.3 Å². The molecule has 4 nitrogen and oxygen atoms in total. The van der Waals surface area contributed by atoms with Crippen molar-refractivity contribution in [2.75, 3.05) is 13.1 Å². The molecule has 1 amide bonds. The van der Waals surface area contributed by atoms with E-state index in [1.165, 1.54) is 11.4 Å². The van der Waals surface area contributed by atoms with Crippen LogP contribution in [0.4, 0.5) is 0 Å². The van der Waals surface area contributed by atoms with Gasteiger partial charge in [-0.05, 0) is 43.7 Å². The number of carbonyl (C=O) groups excluding carboxylic acids is 1. The fourth-order valence-corrected chi connectivity index (χ4v) is 4.44. The summed E-state index contributed by atoms with van der Waals surface area (Å²) in [5.41, 5.74) is 1.81. The molecule has 0 saturated carbocycles. The van der Waals surface area contributed by atoms with E-state index in [1.807, 2.05) is 17.0 Å². The summed E-state index contributed by atoms with van der Waals surface area (Å²) in [4.78, 5) is 23.4. The Labute approximate surface area is 158 Å². The summed E-state index contributed by atoms with van der Waals surface area (Å²) < 4.78 is 0. The zero-order chi connectivity index (χ0) is 17.6. The second kappa shape index (κ2) is 8.81. The van der Waals surface area contributed by atoms with Crippen LogP contribution in [-0.4, -0.2) is 33.9 Å². The first-order valence-corrected chi connectivity index (χ1v) is 10.8. The van der Waals surface area contributed by atoms with Gasteiger partial charge < -0.3 is 4.90 Å². The van der Waals surface area contributed by atoms with Gasteiger partial charge in [0.1, 0.15) is 0 Å². The lowest BCUT2D eigenvalue weighted by atomic mass is 10.1. The SMILES string of the molecule is CC(C)CCc1nc(CSc2ccc(C(=O)N3CCCC3)cn2)cs1. The highest BCUT2D eigenvalue weighted by molar-refractivity contribution is 7.98. The Balaban J connectivity index is 1.51. The van der Waals surface area contributed by atoms with E-state index in [0.29, 0.717) is 11.5 Å². The zero-order valence-corrected chi connectivity index (χ0v) is 16.5. The lowest BCUT2D eigenvalue weighted by Gasteiger charge is -2.14. The van der Waals surface area contributed by atoms with Gasteiger partial charge >= 0.3 is 0 Å². The van der Waals surface area contributed by atoms with Gasteiger partial charge in [-0.25, -0.2) is 9.97 Å². The van der Waals surface area contributed by atoms with Crippen LogP contribution in [0.15, 0.2) is 28.7 Å². The van der Waals surface area contributed by atoms with Gasteiger partial charge in [0.15, 0.2) is 0 Å². The molecule has 0 radical (unpaired) electrons. The molecule has 0 bridgehead atoms. The number of amides is 1. The van der Waals surface area contributed by atoms with E-state index in [9.17, 15) is 4.79 Å². The first kappa shape index (κ1) is 18.4. The number of aromatic nitrogens is 2.